The van der Waals surface area contributed by atoms with Crippen LogP contribution >= 0.6 is 0 Å². The van der Waals surface area contributed by atoms with Crippen molar-refractivity contribution in [3.8, 4) is 0 Å². The second kappa shape index (κ2) is 2.79. The lowest BCUT2D eigenvalue weighted by Crippen LogP contribution is -2.15. The molecule has 1 N–H and O–H groups in total. The lowest BCUT2D eigenvalue weighted by molar-refractivity contribution is 0.574. The smallest absolute Gasteiger partial charge is 0.328 e. The van der Waals surface area contributed by atoms with Gasteiger partial charge in [0, 0.05) is 11.8 Å². The van der Waals surface area contributed by atoms with Crippen LogP contribution in [0.15, 0.2) is 12.3 Å². The Morgan fingerprint density at radius 3 is 2.90 bits per heavy atom. The molecule has 1 rings (SSSR count). The van der Waals surface area contributed by atoms with E-state index in [2.05, 4.69) is 4.98 Å². The summed E-state index contributed by atoms with van der Waals surface area (Å²) in [6.45, 7) is 1.59. The molecule has 0 atom stereocenters. The lowest BCUT2D eigenvalue weighted by atomic mass is 9.90. The highest BCUT2D eigenvalue weighted by atomic mass is 19.1. The van der Waals surface area contributed by atoms with E-state index >= 15 is 0 Å². The Bertz CT molecular complexity index is 241. The van der Waals surface area contributed by atoms with Crippen molar-refractivity contribution in [2.45, 2.75) is 6.92 Å². The van der Waals surface area contributed by atoms with Crippen LogP contribution in [0.2, 0.25) is 0 Å². The molecule has 0 aliphatic heterocycles. The molecule has 4 heteroatoms. The molecular formula is C6H6BFNO. The van der Waals surface area contributed by atoms with Gasteiger partial charge in [0.15, 0.2) is 0 Å². The quantitative estimate of drug-likeness (QED) is 0.429. The molecule has 0 amide bonds. The van der Waals surface area contributed by atoms with Crippen LogP contribution < -0.4 is 5.46 Å². The molecule has 51 valence electrons. The Hall–Kier alpha value is -0.895. The number of nitrogens with zero attached hydrogens (tertiary/aromatic N) is 1. The van der Waals surface area contributed by atoms with E-state index in [-0.39, 0.29) is 0 Å². The van der Waals surface area contributed by atoms with E-state index in [1.807, 2.05) is 0 Å². The van der Waals surface area contributed by atoms with Crippen molar-refractivity contribution in [1.82, 2.24) is 4.98 Å². The van der Waals surface area contributed by atoms with Gasteiger partial charge in [-0.3, -0.25) is 0 Å². The van der Waals surface area contributed by atoms with Crippen molar-refractivity contribution in [3.63, 3.8) is 0 Å². The van der Waals surface area contributed by atoms with Gasteiger partial charge < -0.3 is 5.02 Å². The Balaban J connectivity index is 3.04. The number of rotatable bonds is 1. The summed E-state index contributed by atoms with van der Waals surface area (Å²) >= 11 is 0. The molecule has 0 fully saturated rings. The van der Waals surface area contributed by atoms with E-state index in [1.54, 1.807) is 6.92 Å². The molecule has 0 saturated heterocycles. The van der Waals surface area contributed by atoms with Gasteiger partial charge in [0.05, 0.1) is 0 Å². The fraction of sp³-hybridized carbons (Fsp3) is 0.167. The summed E-state index contributed by atoms with van der Waals surface area (Å²) in [7, 11) is 0.888. The molecule has 0 unspecified atom stereocenters. The fourth-order valence-corrected chi connectivity index (χ4v) is 0.650. The van der Waals surface area contributed by atoms with Crippen molar-refractivity contribution in [2.75, 3.05) is 0 Å². The van der Waals surface area contributed by atoms with Gasteiger partial charge in [0.2, 0.25) is 5.95 Å². The van der Waals surface area contributed by atoms with Crippen LogP contribution in [-0.2, 0) is 0 Å². The monoisotopic (exact) mass is 138 g/mol. The van der Waals surface area contributed by atoms with Crippen molar-refractivity contribution < 1.29 is 9.41 Å². The third-order valence-corrected chi connectivity index (χ3v) is 1.18. The normalized spacial score (nSPS) is 9.50. The van der Waals surface area contributed by atoms with Gasteiger partial charge in [-0.2, -0.15) is 4.39 Å². The SMILES string of the molecule is Cc1cc([B]O)cnc1F. The summed E-state index contributed by atoms with van der Waals surface area (Å²) in [5, 5.41) is 8.47. The highest BCUT2D eigenvalue weighted by Crippen LogP contribution is 1.96. The third kappa shape index (κ3) is 1.33. The number of aromatic nitrogens is 1. The molecule has 2 nitrogen and oxygen atoms in total. The van der Waals surface area contributed by atoms with Crippen LogP contribution in [0.25, 0.3) is 0 Å². The minimum atomic E-state index is -0.495. The van der Waals surface area contributed by atoms with Gasteiger partial charge in [-0.15, -0.1) is 0 Å². The summed E-state index contributed by atoms with van der Waals surface area (Å²) in [5.41, 5.74) is 0.946. The number of aryl methyl sites for hydroxylation is 1. The third-order valence-electron chi connectivity index (χ3n) is 1.18. The number of halogens is 1. The zero-order chi connectivity index (χ0) is 7.56. The molecule has 0 saturated carbocycles. The second-order valence-corrected chi connectivity index (χ2v) is 2.01. The summed E-state index contributed by atoms with van der Waals surface area (Å²) in [5.74, 6) is -0.495. The maximum atomic E-state index is 12.4. The second-order valence-electron chi connectivity index (χ2n) is 2.01. The fourth-order valence-electron chi connectivity index (χ4n) is 0.650. The van der Waals surface area contributed by atoms with E-state index in [1.165, 1.54) is 12.3 Å². The first-order chi connectivity index (χ1) is 4.74. The van der Waals surface area contributed by atoms with Crippen molar-refractivity contribution >= 4 is 12.9 Å². The Labute approximate surface area is 59.0 Å². The van der Waals surface area contributed by atoms with Gasteiger partial charge in [-0.25, -0.2) is 4.98 Å². The Kier molecular flexibility index (Phi) is 2.01. The Morgan fingerprint density at radius 1 is 1.70 bits per heavy atom. The first-order valence-corrected chi connectivity index (χ1v) is 2.83. The van der Waals surface area contributed by atoms with Gasteiger partial charge in [0.25, 0.3) is 0 Å². The molecule has 1 radical (unpaired) electrons. The number of pyridine rings is 1. The van der Waals surface area contributed by atoms with Crippen LogP contribution in [0.1, 0.15) is 5.56 Å². The van der Waals surface area contributed by atoms with E-state index in [0.29, 0.717) is 11.0 Å². The molecule has 0 aliphatic carbocycles. The molecule has 0 bridgehead atoms. The molecule has 1 heterocycles. The molecule has 0 spiro atoms. The molecule has 0 aromatic carbocycles. The zero-order valence-corrected chi connectivity index (χ0v) is 5.50. The first-order valence-electron chi connectivity index (χ1n) is 2.83. The summed E-state index contributed by atoms with van der Waals surface area (Å²) in [6.07, 6.45) is 1.27. The van der Waals surface area contributed by atoms with E-state index in [0.717, 1.165) is 7.48 Å². The van der Waals surface area contributed by atoms with E-state index in [4.69, 9.17) is 5.02 Å². The first kappa shape index (κ1) is 7.21. The number of hydrogen-bond donors (Lipinski definition) is 1. The van der Waals surface area contributed by atoms with Crippen LogP contribution in [-0.4, -0.2) is 17.5 Å². The summed E-state index contributed by atoms with van der Waals surface area (Å²) in [4.78, 5) is 3.39. The molecular weight excluding hydrogens is 132 g/mol. The van der Waals surface area contributed by atoms with Crippen molar-refractivity contribution in [3.05, 3.63) is 23.8 Å². The summed E-state index contributed by atoms with van der Waals surface area (Å²) < 4.78 is 12.4. The summed E-state index contributed by atoms with van der Waals surface area (Å²) in [6, 6.07) is 1.52. The van der Waals surface area contributed by atoms with E-state index < -0.39 is 5.95 Å². The van der Waals surface area contributed by atoms with Gasteiger partial charge in [-0.05, 0) is 12.4 Å². The van der Waals surface area contributed by atoms with Crippen LogP contribution in [0, 0.1) is 12.9 Å². The van der Waals surface area contributed by atoms with Crippen LogP contribution in [0.4, 0.5) is 4.39 Å². The Morgan fingerprint density at radius 2 is 2.40 bits per heavy atom. The number of hydrogen-bond acceptors (Lipinski definition) is 2. The minimum Gasteiger partial charge on any atom is -0.450 e. The predicted molar refractivity (Wildman–Crippen MR) is 36.5 cm³/mol. The average Bonchev–Trinajstić information content (AvgIpc) is 1.95. The van der Waals surface area contributed by atoms with Crippen LogP contribution in [0.5, 0.6) is 0 Å². The highest BCUT2D eigenvalue weighted by Gasteiger charge is 1.99. The molecule has 1 aromatic heterocycles. The maximum absolute atomic E-state index is 12.4. The van der Waals surface area contributed by atoms with Gasteiger partial charge >= 0.3 is 7.48 Å². The van der Waals surface area contributed by atoms with Crippen LogP contribution in [0.3, 0.4) is 0 Å². The lowest BCUT2D eigenvalue weighted by Gasteiger charge is -1.95. The largest absolute Gasteiger partial charge is 0.450 e. The highest BCUT2D eigenvalue weighted by molar-refractivity contribution is 6.45. The molecule has 1 aromatic rings. The van der Waals surface area contributed by atoms with Gasteiger partial charge in [0.1, 0.15) is 0 Å². The zero-order valence-electron chi connectivity index (χ0n) is 5.50. The van der Waals surface area contributed by atoms with Crippen molar-refractivity contribution in [2.24, 2.45) is 0 Å². The minimum absolute atomic E-state index is 0.433. The van der Waals surface area contributed by atoms with Gasteiger partial charge in [-0.1, -0.05) is 6.07 Å². The molecule has 0 aliphatic rings. The molecule has 10 heavy (non-hydrogen) atoms. The van der Waals surface area contributed by atoms with E-state index in [9.17, 15) is 4.39 Å². The topological polar surface area (TPSA) is 33.1 Å². The average molecular weight is 138 g/mol. The standard InChI is InChI=1S/C6H6BFNO/c1-4-2-5(7-10)3-9-6(4)8/h2-3,10H,1H3. The predicted octanol–water partition coefficient (Wildman–Crippen LogP) is -0.234. The van der Waals surface area contributed by atoms with Crippen molar-refractivity contribution in [1.29, 1.82) is 0 Å². The maximum Gasteiger partial charge on any atom is 0.328 e.